The summed E-state index contributed by atoms with van der Waals surface area (Å²) < 4.78 is 42.4. The molecule has 0 fully saturated rings. The van der Waals surface area contributed by atoms with Gasteiger partial charge < -0.3 is 0 Å². The second-order valence-electron chi connectivity index (χ2n) is 9.37. The Morgan fingerprint density at radius 2 is 0.972 bits per heavy atom. The maximum atomic E-state index is 16.5. The van der Waals surface area contributed by atoms with Gasteiger partial charge in [-0.15, -0.1) is 0 Å². The molecule has 1 atom stereocenters. The predicted molar refractivity (Wildman–Crippen MR) is 156 cm³/mol. The van der Waals surface area contributed by atoms with Crippen LogP contribution in [0.2, 0.25) is 0 Å². The Morgan fingerprint density at radius 3 is 1.31 bits per heavy atom. The van der Waals surface area contributed by atoms with Crippen molar-refractivity contribution in [2.45, 2.75) is 70.6 Å². The van der Waals surface area contributed by atoms with Crippen LogP contribution < -0.4 is 15.9 Å². The van der Waals surface area contributed by atoms with Crippen LogP contribution in [0.5, 0.6) is 0 Å². The average molecular weight is 533 g/mol. The van der Waals surface area contributed by atoms with Crippen molar-refractivity contribution in [3.63, 3.8) is 0 Å². The SMILES string of the molecule is CCCCCCCCCCC(F)[PH](c1ccccc1)(c1ccccc1)c1ccccc1.CS(=O)(=O)O. The normalized spacial score (nSPS) is 12.9. The molecule has 0 aliphatic rings. The fraction of sp³-hybridized carbons (Fsp3) is 0.400. The summed E-state index contributed by atoms with van der Waals surface area (Å²) in [5.74, 6) is -0.847. The van der Waals surface area contributed by atoms with Gasteiger partial charge in [-0.3, -0.25) is 4.55 Å². The van der Waals surface area contributed by atoms with Gasteiger partial charge in [0.15, 0.2) is 0 Å². The monoisotopic (exact) mass is 532 g/mol. The minimum Gasteiger partial charge on any atom is -0.286 e. The zero-order valence-electron chi connectivity index (χ0n) is 21.7. The quantitative estimate of drug-likeness (QED) is 0.146. The van der Waals surface area contributed by atoms with E-state index < -0.39 is 23.3 Å². The van der Waals surface area contributed by atoms with Crippen molar-refractivity contribution in [3.05, 3.63) is 91.0 Å². The van der Waals surface area contributed by atoms with Gasteiger partial charge in [-0.25, -0.2) is 0 Å². The van der Waals surface area contributed by atoms with Crippen molar-refractivity contribution in [1.29, 1.82) is 0 Å². The minimum atomic E-state index is -3.67. The van der Waals surface area contributed by atoms with E-state index in [1.54, 1.807) is 0 Å². The molecule has 198 valence electrons. The van der Waals surface area contributed by atoms with E-state index in [-0.39, 0.29) is 0 Å². The number of unbranched alkanes of at least 4 members (excludes halogenated alkanes) is 7. The number of rotatable bonds is 13. The fourth-order valence-corrected chi connectivity index (χ4v) is 9.70. The molecule has 1 N–H and O–H groups in total. The van der Waals surface area contributed by atoms with Crippen LogP contribution in [0.25, 0.3) is 0 Å². The Morgan fingerprint density at radius 1 is 0.667 bits per heavy atom. The van der Waals surface area contributed by atoms with Crippen molar-refractivity contribution in [1.82, 2.24) is 0 Å². The first-order valence-electron chi connectivity index (χ1n) is 13.0. The van der Waals surface area contributed by atoms with Crippen molar-refractivity contribution in [3.8, 4) is 0 Å². The van der Waals surface area contributed by atoms with Crippen molar-refractivity contribution in [2.75, 3.05) is 6.26 Å². The third kappa shape index (κ3) is 9.76. The zero-order chi connectivity index (χ0) is 26.3. The molecule has 0 saturated carbocycles. The second kappa shape index (κ2) is 15.9. The van der Waals surface area contributed by atoms with Crippen LogP contribution in [0.4, 0.5) is 4.39 Å². The van der Waals surface area contributed by atoms with E-state index in [0.29, 0.717) is 12.7 Å². The molecule has 0 bridgehead atoms. The van der Waals surface area contributed by atoms with Gasteiger partial charge in [0, 0.05) is 0 Å². The van der Waals surface area contributed by atoms with Crippen LogP contribution in [0.15, 0.2) is 91.0 Å². The van der Waals surface area contributed by atoms with E-state index in [9.17, 15) is 8.42 Å². The van der Waals surface area contributed by atoms with Crippen LogP contribution in [0.3, 0.4) is 0 Å². The molecule has 0 aliphatic heterocycles. The molecule has 0 heterocycles. The first kappa shape index (κ1) is 30.2. The van der Waals surface area contributed by atoms with Crippen LogP contribution >= 0.6 is 7.26 Å². The molecule has 6 heteroatoms. The number of hydrogen-bond donors (Lipinski definition) is 1. The molecule has 36 heavy (non-hydrogen) atoms. The predicted octanol–water partition coefficient (Wildman–Crippen LogP) is 7.04. The Hall–Kier alpha value is -2.07. The van der Waals surface area contributed by atoms with Gasteiger partial charge in [0.1, 0.15) is 0 Å². The van der Waals surface area contributed by atoms with Gasteiger partial charge in [-0.05, 0) is 0 Å². The Balaban J connectivity index is 0.000000830. The molecule has 0 amide bonds. The number of alkyl halides is 1. The molecule has 3 nitrogen and oxygen atoms in total. The summed E-state index contributed by atoms with van der Waals surface area (Å²) in [5, 5.41) is 3.50. The largest absolute Gasteiger partial charge is 0.286 e. The van der Waals surface area contributed by atoms with Crippen molar-refractivity contribution < 1.29 is 17.4 Å². The molecule has 0 saturated heterocycles. The summed E-state index contributed by atoms with van der Waals surface area (Å²) in [6.07, 6.45) is 11.3. The molecule has 3 rings (SSSR count). The maximum absolute atomic E-state index is 16.5. The summed E-state index contributed by atoms with van der Waals surface area (Å²) in [5.41, 5.74) is 0. The van der Waals surface area contributed by atoms with Crippen LogP contribution in [0.1, 0.15) is 64.7 Å². The summed E-state index contributed by atoms with van der Waals surface area (Å²) >= 11 is 0. The summed E-state index contributed by atoms with van der Waals surface area (Å²) in [6, 6.07) is 31.3. The van der Waals surface area contributed by atoms with Crippen molar-refractivity contribution in [2.24, 2.45) is 0 Å². The Labute approximate surface area is 218 Å². The molecule has 0 spiro atoms. The van der Waals surface area contributed by atoms with Crippen LogP contribution in [-0.2, 0) is 10.1 Å². The molecule has 0 aliphatic carbocycles. The van der Waals surface area contributed by atoms with Gasteiger partial charge in [0.2, 0.25) is 0 Å². The third-order valence-corrected chi connectivity index (χ3v) is 11.4. The first-order chi connectivity index (χ1) is 17.3. The first-order valence-corrected chi connectivity index (χ1v) is 17.0. The molecule has 0 aromatic heterocycles. The van der Waals surface area contributed by atoms with E-state index in [4.69, 9.17) is 4.55 Å². The molecule has 3 aromatic rings. The van der Waals surface area contributed by atoms with E-state index in [2.05, 4.69) is 79.7 Å². The number of hydrogen-bond acceptors (Lipinski definition) is 2. The standard InChI is InChI=1S/C29H38FP.CH4O3S/c1-2-3-4-5-6-7-8-18-25-29(30)31(26-19-12-9-13-20-26,27-21-14-10-15-22-27)28-23-16-11-17-24-28;1-5(2,3)4/h9-17,19-24,29,31H,2-8,18,25H2,1H3;1H3,(H,2,3,4). The van der Waals surface area contributed by atoms with E-state index in [0.717, 1.165) is 12.8 Å². The summed E-state index contributed by atoms with van der Waals surface area (Å²) in [6.45, 7) is 2.25. The van der Waals surface area contributed by atoms with E-state index >= 15 is 4.39 Å². The van der Waals surface area contributed by atoms with Gasteiger partial charge in [-0.1, -0.05) is 0 Å². The van der Waals surface area contributed by atoms with Crippen LogP contribution in [-0.4, -0.2) is 25.1 Å². The summed E-state index contributed by atoms with van der Waals surface area (Å²) in [4.78, 5) is 0. The topological polar surface area (TPSA) is 54.4 Å². The van der Waals surface area contributed by atoms with Crippen LogP contribution in [0, 0.1) is 0 Å². The Kier molecular flexibility index (Phi) is 13.3. The minimum absolute atomic E-state index is 0.639. The molecule has 0 radical (unpaired) electrons. The number of halogens is 1. The smallest absolute Gasteiger partial charge is 0.261 e. The Bertz CT molecular complexity index is 972. The average Bonchev–Trinajstić information content (AvgIpc) is 2.87. The second-order valence-corrected chi connectivity index (χ2v) is 14.8. The maximum Gasteiger partial charge on any atom is 0.261 e. The fourth-order valence-electron chi connectivity index (χ4n) is 4.82. The molecule has 3 aromatic carbocycles. The number of benzene rings is 3. The van der Waals surface area contributed by atoms with Crippen molar-refractivity contribution >= 4 is 33.3 Å². The van der Waals surface area contributed by atoms with E-state index in [1.807, 2.05) is 18.2 Å². The van der Waals surface area contributed by atoms with Gasteiger partial charge in [0.25, 0.3) is 10.1 Å². The van der Waals surface area contributed by atoms with Gasteiger partial charge >= 0.3 is 189 Å². The summed E-state index contributed by atoms with van der Waals surface area (Å²) in [7, 11) is -6.45. The molecular weight excluding hydrogens is 490 g/mol. The van der Waals surface area contributed by atoms with Gasteiger partial charge in [0.05, 0.1) is 6.26 Å². The molecular formula is C30H42FO3PS. The van der Waals surface area contributed by atoms with Gasteiger partial charge in [-0.2, -0.15) is 8.42 Å². The third-order valence-electron chi connectivity index (χ3n) is 6.47. The van der Waals surface area contributed by atoms with E-state index in [1.165, 1.54) is 54.4 Å². The zero-order valence-corrected chi connectivity index (χ0v) is 23.5. The molecule has 1 unspecified atom stereocenters.